The fraction of sp³-hybridized carbons (Fsp3) is 0.625. The molecule has 1 unspecified atom stereocenters. The molecule has 0 spiro atoms. The number of hydrogen-bond donors (Lipinski definition) is 3. The number of benzene rings is 1. The van der Waals surface area contributed by atoms with Crippen LogP contribution in [0, 0.1) is 5.41 Å². The summed E-state index contributed by atoms with van der Waals surface area (Å²) in [4.78, 5) is 0. The molecule has 0 fully saturated rings. The quantitative estimate of drug-likeness (QED) is 0.682. The van der Waals surface area contributed by atoms with E-state index in [4.69, 9.17) is 9.47 Å². The Hall–Kier alpha value is -1.30. The smallest absolute Gasteiger partial charge is 0.231 e. The Bertz CT molecular complexity index is 451. The average molecular weight is 295 g/mol. The third-order valence-corrected chi connectivity index (χ3v) is 4.45. The van der Waals surface area contributed by atoms with Crippen LogP contribution in [0.4, 0.5) is 0 Å². The second-order valence-electron chi connectivity index (χ2n) is 5.62. The number of nitrogens with one attached hydrogen (secondary N) is 1. The molecular weight excluding hydrogens is 270 g/mol. The highest BCUT2D eigenvalue weighted by atomic mass is 16.7. The van der Waals surface area contributed by atoms with E-state index in [0.717, 1.165) is 24.2 Å². The van der Waals surface area contributed by atoms with E-state index < -0.39 is 6.10 Å². The van der Waals surface area contributed by atoms with Crippen molar-refractivity contribution in [1.29, 1.82) is 0 Å². The van der Waals surface area contributed by atoms with Gasteiger partial charge in [-0.1, -0.05) is 19.9 Å². The number of fused-ring (bicyclic) bond motifs is 1. The van der Waals surface area contributed by atoms with Crippen molar-refractivity contribution in [2.45, 2.75) is 32.8 Å². The number of ether oxygens (including phenoxy) is 2. The number of aliphatic hydroxyl groups is 2. The van der Waals surface area contributed by atoms with Crippen LogP contribution in [0.5, 0.6) is 11.5 Å². The maximum Gasteiger partial charge on any atom is 0.231 e. The minimum Gasteiger partial charge on any atom is -0.454 e. The van der Waals surface area contributed by atoms with Gasteiger partial charge < -0.3 is 25.0 Å². The van der Waals surface area contributed by atoms with Crippen LogP contribution in [0.1, 0.15) is 38.4 Å². The summed E-state index contributed by atoms with van der Waals surface area (Å²) in [6.45, 7) is 5.69. The monoisotopic (exact) mass is 295 g/mol. The van der Waals surface area contributed by atoms with E-state index in [0.29, 0.717) is 18.8 Å². The van der Waals surface area contributed by atoms with Gasteiger partial charge in [0.1, 0.15) is 0 Å². The summed E-state index contributed by atoms with van der Waals surface area (Å²) in [6.07, 6.45) is 1.21. The van der Waals surface area contributed by atoms with Crippen molar-refractivity contribution in [2.75, 3.05) is 26.5 Å². The lowest BCUT2D eigenvalue weighted by molar-refractivity contribution is 0.104. The van der Waals surface area contributed by atoms with Crippen molar-refractivity contribution in [3.05, 3.63) is 23.8 Å². The van der Waals surface area contributed by atoms with Gasteiger partial charge in [0.05, 0.1) is 6.10 Å². The average Bonchev–Trinajstić information content (AvgIpc) is 2.99. The summed E-state index contributed by atoms with van der Waals surface area (Å²) in [6, 6.07) is 5.48. The molecule has 3 N–H and O–H groups in total. The molecule has 0 saturated heterocycles. The lowest BCUT2D eigenvalue weighted by Gasteiger charge is -2.30. The molecule has 1 atom stereocenters. The third-order valence-electron chi connectivity index (χ3n) is 4.45. The Morgan fingerprint density at radius 3 is 2.62 bits per heavy atom. The topological polar surface area (TPSA) is 71.0 Å². The fourth-order valence-electron chi connectivity index (χ4n) is 2.49. The minimum atomic E-state index is -0.607. The van der Waals surface area contributed by atoms with Crippen molar-refractivity contribution in [2.24, 2.45) is 5.41 Å². The van der Waals surface area contributed by atoms with Gasteiger partial charge in [0.25, 0.3) is 0 Å². The Kier molecular flexibility index (Phi) is 5.45. The third kappa shape index (κ3) is 3.67. The summed E-state index contributed by atoms with van der Waals surface area (Å²) in [5, 5.41) is 23.0. The van der Waals surface area contributed by atoms with Crippen LogP contribution in [-0.2, 0) is 0 Å². The summed E-state index contributed by atoms with van der Waals surface area (Å²) in [7, 11) is 0. The van der Waals surface area contributed by atoms with E-state index in [1.807, 2.05) is 18.2 Å². The molecule has 0 bridgehead atoms. The van der Waals surface area contributed by atoms with Crippen molar-refractivity contribution in [3.8, 4) is 11.5 Å². The van der Waals surface area contributed by atoms with Crippen molar-refractivity contribution >= 4 is 0 Å². The molecule has 118 valence electrons. The second-order valence-corrected chi connectivity index (χ2v) is 5.62. The van der Waals surface area contributed by atoms with Crippen LogP contribution in [-0.4, -0.2) is 36.7 Å². The number of rotatable bonds is 8. The summed E-state index contributed by atoms with van der Waals surface area (Å²) in [5.74, 6) is 1.40. The number of aliphatic hydroxyl groups excluding tert-OH is 2. The van der Waals surface area contributed by atoms with Gasteiger partial charge in [0, 0.05) is 25.1 Å². The molecule has 1 aromatic carbocycles. The van der Waals surface area contributed by atoms with Crippen LogP contribution >= 0.6 is 0 Å². The first-order valence-corrected chi connectivity index (χ1v) is 7.53. The van der Waals surface area contributed by atoms with E-state index in [2.05, 4.69) is 19.2 Å². The lowest BCUT2D eigenvalue weighted by Crippen LogP contribution is -2.38. The molecule has 5 heteroatoms. The summed E-state index contributed by atoms with van der Waals surface area (Å²) < 4.78 is 10.6. The highest BCUT2D eigenvalue weighted by Crippen LogP contribution is 2.34. The molecular formula is C16H25NO4. The molecule has 0 aromatic heterocycles. The molecule has 0 amide bonds. The van der Waals surface area contributed by atoms with Crippen molar-refractivity contribution in [3.63, 3.8) is 0 Å². The molecule has 0 aliphatic carbocycles. The van der Waals surface area contributed by atoms with Gasteiger partial charge in [-0.25, -0.2) is 0 Å². The Labute approximate surface area is 125 Å². The van der Waals surface area contributed by atoms with Gasteiger partial charge in [0.2, 0.25) is 6.79 Å². The molecule has 1 heterocycles. The summed E-state index contributed by atoms with van der Waals surface area (Å²) in [5.41, 5.74) is 0.698. The van der Waals surface area contributed by atoms with Crippen LogP contribution in [0.15, 0.2) is 18.2 Å². The lowest BCUT2D eigenvalue weighted by atomic mass is 9.83. The highest BCUT2D eigenvalue weighted by molar-refractivity contribution is 5.45. The fourth-order valence-corrected chi connectivity index (χ4v) is 2.49. The van der Waals surface area contributed by atoms with Crippen LogP contribution < -0.4 is 14.8 Å². The van der Waals surface area contributed by atoms with Gasteiger partial charge >= 0.3 is 0 Å². The zero-order valence-electron chi connectivity index (χ0n) is 12.8. The van der Waals surface area contributed by atoms with Gasteiger partial charge in [-0.05, 0) is 30.5 Å². The molecule has 2 rings (SSSR count). The SMILES string of the molecule is CCC(CC)(CO)CNCC(O)c1ccc2c(c1)OCO2. The Balaban J connectivity index is 1.88. The van der Waals surface area contributed by atoms with E-state index in [1.54, 1.807) is 0 Å². The summed E-state index contributed by atoms with van der Waals surface area (Å²) >= 11 is 0. The predicted octanol–water partition coefficient (Wildman–Crippen LogP) is 1.84. The van der Waals surface area contributed by atoms with E-state index in [1.165, 1.54) is 0 Å². The number of hydrogen-bond acceptors (Lipinski definition) is 5. The van der Waals surface area contributed by atoms with E-state index >= 15 is 0 Å². The molecule has 5 nitrogen and oxygen atoms in total. The Morgan fingerprint density at radius 2 is 1.95 bits per heavy atom. The first kappa shape index (κ1) is 16.1. The van der Waals surface area contributed by atoms with Gasteiger partial charge in [0.15, 0.2) is 11.5 Å². The molecule has 1 aliphatic heterocycles. The molecule has 21 heavy (non-hydrogen) atoms. The van der Waals surface area contributed by atoms with Crippen LogP contribution in [0.25, 0.3) is 0 Å². The standard InChI is InChI=1S/C16H25NO4/c1-3-16(4-2,10-18)9-17-8-13(19)12-5-6-14-15(7-12)21-11-20-14/h5-7,13,17-19H,3-4,8-11H2,1-2H3. The second kappa shape index (κ2) is 7.11. The first-order chi connectivity index (χ1) is 10.1. The van der Waals surface area contributed by atoms with Crippen LogP contribution in [0.2, 0.25) is 0 Å². The van der Waals surface area contributed by atoms with E-state index in [9.17, 15) is 10.2 Å². The van der Waals surface area contributed by atoms with Gasteiger partial charge in [-0.2, -0.15) is 0 Å². The minimum absolute atomic E-state index is 0.103. The highest BCUT2D eigenvalue weighted by Gasteiger charge is 2.25. The largest absolute Gasteiger partial charge is 0.454 e. The first-order valence-electron chi connectivity index (χ1n) is 7.53. The predicted molar refractivity (Wildman–Crippen MR) is 80.5 cm³/mol. The zero-order chi connectivity index (χ0) is 15.3. The maximum absolute atomic E-state index is 10.2. The van der Waals surface area contributed by atoms with E-state index in [-0.39, 0.29) is 18.8 Å². The van der Waals surface area contributed by atoms with Crippen molar-refractivity contribution < 1.29 is 19.7 Å². The molecule has 1 aromatic rings. The molecule has 0 radical (unpaired) electrons. The van der Waals surface area contributed by atoms with Gasteiger partial charge in [-0.3, -0.25) is 0 Å². The molecule has 0 saturated carbocycles. The van der Waals surface area contributed by atoms with Crippen LogP contribution in [0.3, 0.4) is 0 Å². The zero-order valence-corrected chi connectivity index (χ0v) is 12.8. The maximum atomic E-state index is 10.2. The molecule has 1 aliphatic rings. The van der Waals surface area contributed by atoms with Gasteiger partial charge in [-0.15, -0.1) is 0 Å². The normalized spacial score (nSPS) is 15.2. The van der Waals surface area contributed by atoms with Crippen molar-refractivity contribution in [1.82, 2.24) is 5.32 Å². The Morgan fingerprint density at radius 1 is 1.24 bits per heavy atom.